The zero-order valence-corrected chi connectivity index (χ0v) is 8.41. The van der Waals surface area contributed by atoms with Crippen LogP contribution in [0.3, 0.4) is 0 Å². The van der Waals surface area contributed by atoms with Crippen LogP contribution in [0.2, 0.25) is 0 Å². The Labute approximate surface area is 84.5 Å². The summed E-state index contributed by atoms with van der Waals surface area (Å²) in [6.07, 6.45) is 9.62. The molecule has 0 radical (unpaired) electrons. The van der Waals surface area contributed by atoms with Crippen LogP contribution >= 0.6 is 0 Å². The Morgan fingerprint density at radius 2 is 2.21 bits per heavy atom. The van der Waals surface area contributed by atoms with Gasteiger partial charge < -0.3 is 4.74 Å². The van der Waals surface area contributed by atoms with Gasteiger partial charge in [0.2, 0.25) is 0 Å². The molecule has 1 heteroatoms. The number of hydrogen-bond donors (Lipinski definition) is 0. The summed E-state index contributed by atoms with van der Waals surface area (Å²) in [5.74, 6) is 4.07. The minimum Gasteiger partial charge on any atom is -0.380 e. The van der Waals surface area contributed by atoms with Crippen molar-refractivity contribution in [2.24, 2.45) is 34.5 Å². The third-order valence-corrected chi connectivity index (χ3v) is 6.31. The van der Waals surface area contributed by atoms with Crippen LogP contribution in [0.1, 0.15) is 19.3 Å². The van der Waals surface area contributed by atoms with Crippen LogP contribution in [0.25, 0.3) is 0 Å². The minimum atomic E-state index is 0.531. The first-order chi connectivity index (χ1) is 6.90. The normalized spacial score (nSPS) is 70.9. The van der Waals surface area contributed by atoms with E-state index in [-0.39, 0.29) is 0 Å². The Hall–Kier alpha value is -0.300. The third kappa shape index (κ3) is 0.417. The molecule has 0 aromatic heterocycles. The molecule has 0 aromatic carbocycles. The van der Waals surface area contributed by atoms with E-state index in [4.69, 9.17) is 4.74 Å². The SMILES string of the molecule is C1=C[C@@]23COC[C@@]24C1[C@H]4[C@@H]1CCC[C@@H]13. The van der Waals surface area contributed by atoms with Gasteiger partial charge in [0, 0.05) is 10.8 Å². The van der Waals surface area contributed by atoms with Crippen molar-refractivity contribution in [3.05, 3.63) is 12.2 Å². The van der Waals surface area contributed by atoms with E-state index in [2.05, 4.69) is 12.2 Å². The highest BCUT2D eigenvalue weighted by molar-refractivity contribution is 5.43. The lowest BCUT2D eigenvalue weighted by atomic mass is 9.70. The predicted molar refractivity (Wildman–Crippen MR) is 52.6 cm³/mol. The van der Waals surface area contributed by atoms with E-state index in [9.17, 15) is 0 Å². The van der Waals surface area contributed by atoms with Crippen molar-refractivity contribution in [3.63, 3.8) is 0 Å². The molecule has 1 heterocycles. The van der Waals surface area contributed by atoms with Gasteiger partial charge in [0.15, 0.2) is 0 Å². The van der Waals surface area contributed by atoms with Crippen molar-refractivity contribution < 1.29 is 4.74 Å². The van der Waals surface area contributed by atoms with Crippen molar-refractivity contribution in [1.82, 2.24) is 0 Å². The highest BCUT2D eigenvalue weighted by Crippen LogP contribution is 2.87. The van der Waals surface area contributed by atoms with E-state index in [1.165, 1.54) is 19.3 Å². The molecular formula is C13H16O. The number of fused-ring (bicyclic) bond motifs is 3. The monoisotopic (exact) mass is 188 g/mol. The molecule has 5 rings (SSSR count). The van der Waals surface area contributed by atoms with Gasteiger partial charge >= 0.3 is 0 Å². The highest BCUT2D eigenvalue weighted by atomic mass is 16.5. The van der Waals surface area contributed by atoms with Gasteiger partial charge in [0.1, 0.15) is 0 Å². The molecule has 14 heavy (non-hydrogen) atoms. The molecule has 0 bridgehead atoms. The summed E-state index contributed by atoms with van der Waals surface area (Å²) < 4.78 is 5.84. The summed E-state index contributed by atoms with van der Waals surface area (Å²) in [7, 11) is 0. The summed E-state index contributed by atoms with van der Waals surface area (Å²) in [6, 6.07) is 0. The average Bonchev–Trinajstić information content (AvgIpc) is 2.64. The van der Waals surface area contributed by atoms with Crippen molar-refractivity contribution in [1.29, 1.82) is 0 Å². The Bertz CT molecular complexity index is 360. The Balaban J connectivity index is 1.79. The molecular weight excluding hydrogens is 172 g/mol. The van der Waals surface area contributed by atoms with Gasteiger partial charge in [-0.2, -0.15) is 0 Å². The van der Waals surface area contributed by atoms with Crippen LogP contribution < -0.4 is 0 Å². The van der Waals surface area contributed by atoms with Crippen LogP contribution in [0.15, 0.2) is 12.2 Å². The molecule has 1 spiro atoms. The van der Waals surface area contributed by atoms with E-state index in [1.54, 1.807) is 0 Å². The predicted octanol–water partition coefficient (Wildman–Crippen LogP) is 2.24. The quantitative estimate of drug-likeness (QED) is 0.530. The van der Waals surface area contributed by atoms with Gasteiger partial charge in [-0.3, -0.25) is 0 Å². The molecule has 0 aromatic rings. The summed E-state index contributed by atoms with van der Waals surface area (Å²) in [5, 5.41) is 0. The first kappa shape index (κ1) is 7.05. The van der Waals surface area contributed by atoms with E-state index in [1.807, 2.05) is 0 Å². The maximum absolute atomic E-state index is 5.84. The molecule has 4 fully saturated rings. The molecule has 0 amide bonds. The summed E-state index contributed by atoms with van der Waals surface area (Å²) in [5.41, 5.74) is 1.17. The first-order valence-corrected chi connectivity index (χ1v) is 6.17. The second kappa shape index (κ2) is 1.73. The smallest absolute Gasteiger partial charge is 0.0566 e. The average molecular weight is 188 g/mol. The molecule has 6 atom stereocenters. The van der Waals surface area contributed by atoms with Crippen LogP contribution in [0.4, 0.5) is 0 Å². The molecule has 1 unspecified atom stereocenters. The van der Waals surface area contributed by atoms with Gasteiger partial charge in [-0.15, -0.1) is 0 Å². The largest absolute Gasteiger partial charge is 0.380 e. The van der Waals surface area contributed by atoms with Crippen LogP contribution in [0.5, 0.6) is 0 Å². The summed E-state index contributed by atoms with van der Waals surface area (Å²) in [6.45, 7) is 2.14. The maximum Gasteiger partial charge on any atom is 0.0566 e. The zero-order chi connectivity index (χ0) is 8.97. The van der Waals surface area contributed by atoms with Crippen LogP contribution in [-0.2, 0) is 4.74 Å². The lowest BCUT2D eigenvalue weighted by Gasteiger charge is -2.32. The fourth-order valence-corrected chi connectivity index (χ4v) is 6.02. The number of ether oxygens (including phenoxy) is 1. The lowest BCUT2D eigenvalue weighted by molar-refractivity contribution is 0.128. The minimum absolute atomic E-state index is 0.531. The van der Waals surface area contributed by atoms with Gasteiger partial charge in [0.25, 0.3) is 0 Å². The summed E-state index contributed by atoms with van der Waals surface area (Å²) in [4.78, 5) is 0. The van der Waals surface area contributed by atoms with Crippen molar-refractivity contribution in [2.45, 2.75) is 19.3 Å². The van der Waals surface area contributed by atoms with E-state index >= 15 is 0 Å². The van der Waals surface area contributed by atoms with Gasteiger partial charge in [-0.25, -0.2) is 0 Å². The summed E-state index contributed by atoms with van der Waals surface area (Å²) >= 11 is 0. The van der Waals surface area contributed by atoms with E-state index in [0.29, 0.717) is 10.8 Å². The topological polar surface area (TPSA) is 9.23 Å². The van der Waals surface area contributed by atoms with Gasteiger partial charge in [-0.1, -0.05) is 18.6 Å². The third-order valence-electron chi connectivity index (χ3n) is 6.31. The molecule has 1 saturated heterocycles. The number of allylic oxidation sites excluding steroid dienone is 1. The molecule has 3 saturated carbocycles. The molecule has 0 N–H and O–H groups in total. The zero-order valence-electron chi connectivity index (χ0n) is 8.41. The Kier molecular flexibility index (Phi) is 0.872. The fourth-order valence-electron chi connectivity index (χ4n) is 6.02. The molecule has 5 aliphatic rings. The van der Waals surface area contributed by atoms with Crippen LogP contribution in [0, 0.1) is 34.5 Å². The molecule has 74 valence electrons. The molecule has 4 aliphatic carbocycles. The molecule has 1 nitrogen and oxygen atoms in total. The maximum atomic E-state index is 5.84. The Morgan fingerprint density at radius 3 is 3.21 bits per heavy atom. The van der Waals surface area contributed by atoms with Crippen molar-refractivity contribution >= 4 is 0 Å². The van der Waals surface area contributed by atoms with Crippen LogP contribution in [-0.4, -0.2) is 13.2 Å². The highest BCUT2D eigenvalue weighted by Gasteiger charge is 2.86. The number of hydrogen-bond acceptors (Lipinski definition) is 1. The van der Waals surface area contributed by atoms with Gasteiger partial charge in [0.05, 0.1) is 13.2 Å². The van der Waals surface area contributed by atoms with E-state index in [0.717, 1.165) is 36.9 Å². The Morgan fingerprint density at radius 1 is 1.21 bits per heavy atom. The standard InChI is InChI=1S/C13H16O/c1-2-8-9(3-1)12-5-4-10-11(8)13(10,12)7-14-6-12/h4-5,8-11H,1-3,6-7H2/t8-,9+,10?,11-,12+,13+/m1/s1. The molecule has 1 aliphatic heterocycles. The number of rotatable bonds is 0. The second-order valence-electron chi connectivity index (χ2n) is 6.19. The van der Waals surface area contributed by atoms with Crippen molar-refractivity contribution in [2.75, 3.05) is 13.2 Å². The van der Waals surface area contributed by atoms with Crippen molar-refractivity contribution in [3.8, 4) is 0 Å². The van der Waals surface area contributed by atoms with E-state index < -0.39 is 0 Å². The lowest BCUT2D eigenvalue weighted by Crippen LogP contribution is -2.32. The fraction of sp³-hybridized carbons (Fsp3) is 0.846. The second-order valence-corrected chi connectivity index (χ2v) is 6.19. The van der Waals surface area contributed by atoms with Gasteiger partial charge in [-0.05, 0) is 36.5 Å². The first-order valence-electron chi connectivity index (χ1n) is 6.17.